The number of aromatic nitrogens is 8. The number of hydrogen-bond acceptors (Lipinski definition) is 16. The molecule has 24 heteroatoms. The summed E-state index contributed by atoms with van der Waals surface area (Å²) in [6.45, 7) is -8.77. The fourth-order valence-electron chi connectivity index (χ4n) is 6.24. The maximum Gasteiger partial charge on any atom is 0.386 e. The third-order valence-electron chi connectivity index (χ3n) is 8.41. The smallest absolute Gasteiger partial charge is 0.382 e. The second-order valence-corrected chi connectivity index (χ2v) is 17.1. The van der Waals surface area contributed by atoms with E-state index in [1.165, 1.54) is 17.2 Å². The molecule has 2 saturated heterocycles. The molecule has 1 aliphatic carbocycles. The summed E-state index contributed by atoms with van der Waals surface area (Å²) in [4.78, 5) is 45.5. The quantitative estimate of drug-likeness (QED) is 0.109. The minimum atomic E-state index is -4.33. The van der Waals surface area contributed by atoms with Crippen molar-refractivity contribution in [1.29, 1.82) is 0 Å². The zero-order valence-electron chi connectivity index (χ0n) is 24.4. The predicted molar refractivity (Wildman–Crippen MR) is 168 cm³/mol. The number of halogens is 1. The van der Waals surface area contributed by atoms with Gasteiger partial charge in [-0.2, -0.15) is 4.98 Å². The molecule has 0 spiro atoms. The Morgan fingerprint density at radius 2 is 1.94 bits per heavy atom. The number of nitrogen functional groups attached to an aromatic ring is 2. The maximum atomic E-state index is 16.0. The van der Waals surface area contributed by atoms with Crippen molar-refractivity contribution in [3.63, 3.8) is 0 Å². The highest BCUT2D eigenvalue weighted by atomic mass is 32.7. The van der Waals surface area contributed by atoms with Crippen LogP contribution in [0.15, 0.2) is 23.8 Å². The summed E-state index contributed by atoms with van der Waals surface area (Å²) < 4.78 is 66.4. The molecule has 2 unspecified atom stereocenters. The lowest BCUT2D eigenvalue weighted by Gasteiger charge is -2.32. The molecular weight excluding hydrogens is 705 g/mol. The molecule has 0 aromatic carbocycles. The Hall–Kier alpha value is -2.62. The molecule has 4 aromatic heterocycles. The first kappa shape index (κ1) is 32.9. The van der Waals surface area contributed by atoms with Gasteiger partial charge in [0.15, 0.2) is 35.0 Å². The van der Waals surface area contributed by atoms with Gasteiger partial charge in [-0.05, 0) is 31.1 Å². The van der Waals surface area contributed by atoms with Crippen molar-refractivity contribution in [3.05, 3.63) is 29.3 Å². The number of H-pyrrole nitrogens is 1. The number of hydrogen-bond donors (Lipinski definition) is 5. The number of imidazole rings is 2. The lowest BCUT2D eigenvalue weighted by atomic mass is 10.0. The van der Waals surface area contributed by atoms with Crippen LogP contribution in [0.25, 0.3) is 22.3 Å². The van der Waals surface area contributed by atoms with Gasteiger partial charge >= 0.3 is 13.5 Å². The Morgan fingerprint density at radius 3 is 2.70 bits per heavy atom. The van der Waals surface area contributed by atoms with E-state index in [1.807, 2.05) is 0 Å². The van der Waals surface area contributed by atoms with Gasteiger partial charge in [0, 0.05) is 13.0 Å². The molecule has 47 heavy (non-hydrogen) atoms. The van der Waals surface area contributed by atoms with Gasteiger partial charge in [0.2, 0.25) is 5.95 Å². The molecule has 6 heterocycles. The summed E-state index contributed by atoms with van der Waals surface area (Å²) in [5.74, 6) is 0.0861. The molecule has 4 aromatic rings. The summed E-state index contributed by atoms with van der Waals surface area (Å²) in [5.41, 5.74) is 11.0. The predicted octanol–water partition coefficient (Wildman–Crippen LogP) is 1.75. The van der Waals surface area contributed by atoms with Crippen LogP contribution in [0.1, 0.15) is 31.7 Å². The molecule has 6 N–H and O–H groups in total. The summed E-state index contributed by atoms with van der Waals surface area (Å²) in [7, 11) is 1.14. The highest BCUT2D eigenvalue weighted by Crippen LogP contribution is 2.60. The lowest BCUT2D eigenvalue weighted by molar-refractivity contribution is -0.121. The van der Waals surface area contributed by atoms with Gasteiger partial charge in [-0.1, -0.05) is 12.2 Å². The van der Waals surface area contributed by atoms with E-state index in [9.17, 15) is 14.3 Å². The van der Waals surface area contributed by atoms with Crippen molar-refractivity contribution >= 4 is 71.7 Å². The number of ether oxygens (including phenoxy) is 2. The molecule has 0 radical (unpaired) electrons. The second-order valence-electron chi connectivity index (χ2n) is 11.3. The number of alkyl halides is 1. The number of thiol groups is 1. The van der Waals surface area contributed by atoms with Crippen LogP contribution in [0, 0.1) is 5.92 Å². The molecule has 2 bridgehead atoms. The number of nitrogens with one attached hydrogen (secondary N) is 1. The molecule has 2 aliphatic heterocycles. The lowest BCUT2D eigenvalue weighted by Crippen LogP contribution is -2.35. The van der Waals surface area contributed by atoms with Gasteiger partial charge in [0.25, 0.3) is 5.56 Å². The number of nitrogens with two attached hydrogens (primary N) is 2. The van der Waals surface area contributed by atoms with Crippen molar-refractivity contribution < 1.29 is 41.4 Å². The molecule has 7 rings (SSSR count). The van der Waals surface area contributed by atoms with Crippen molar-refractivity contribution in [1.82, 2.24) is 39.0 Å². The van der Waals surface area contributed by atoms with E-state index in [2.05, 4.69) is 42.2 Å². The Morgan fingerprint density at radius 1 is 1.19 bits per heavy atom. The van der Waals surface area contributed by atoms with Gasteiger partial charge < -0.3 is 34.9 Å². The standard InChI is InChI=1S/C23H29FN10O9P2S2/c1-38-44(36,46)39-5-11-12(24)15(21(41-11)34-9-30-14-18(34)31-22(26)32-19(14)35)43-45(37,47)40-6-23-3-2-10(4-23)20(42-23)33-8-29-13-16(25)27-7-28-17(13)33/h7-12,15,20-21H,2-6H2,1H3,(H,36,46)(H,37,47)(H2,25,27,28)(H3,26,31,32,35)/t10-,11-,12-,15-,20-,21-,23+,44?,45?/m1/s1. The van der Waals surface area contributed by atoms with Gasteiger partial charge in [-0.15, -0.1) is 0 Å². The molecule has 0 amide bonds. The number of aromatic amines is 1. The average Bonchev–Trinajstić information content (AvgIpc) is 3.85. The van der Waals surface area contributed by atoms with E-state index in [0.29, 0.717) is 24.0 Å². The third-order valence-corrected chi connectivity index (χ3v) is 11.7. The first-order valence-electron chi connectivity index (χ1n) is 14.1. The fraction of sp³-hybridized carbons (Fsp3) is 0.565. The van der Waals surface area contributed by atoms with Crippen molar-refractivity contribution in [2.24, 2.45) is 5.92 Å². The van der Waals surface area contributed by atoms with Crippen LogP contribution in [-0.4, -0.2) is 88.2 Å². The third kappa shape index (κ3) is 6.10. The van der Waals surface area contributed by atoms with Crippen molar-refractivity contribution in [2.45, 2.75) is 55.7 Å². The topological polar surface area (TPSA) is 252 Å². The molecule has 9 atom stereocenters. The van der Waals surface area contributed by atoms with Crippen molar-refractivity contribution in [3.8, 4) is 0 Å². The summed E-state index contributed by atoms with van der Waals surface area (Å²) in [5, 5.41) is 0. The number of fused-ring (bicyclic) bond motifs is 4. The van der Waals surface area contributed by atoms with E-state index in [-0.39, 0.29) is 35.5 Å². The first-order valence-corrected chi connectivity index (χ1v) is 19.4. The molecule has 3 fully saturated rings. The van der Waals surface area contributed by atoms with Crippen molar-refractivity contribution in [2.75, 3.05) is 31.8 Å². The van der Waals surface area contributed by atoms with Crippen LogP contribution < -0.4 is 17.0 Å². The van der Waals surface area contributed by atoms with Gasteiger partial charge in [0.05, 0.1) is 31.5 Å². The maximum absolute atomic E-state index is 16.0. The van der Waals surface area contributed by atoms with E-state index >= 15 is 4.39 Å². The van der Waals surface area contributed by atoms with Crippen LogP contribution >= 0.6 is 25.8 Å². The number of rotatable bonds is 11. The number of nitrogens with zero attached hydrogens (tertiary/aromatic N) is 7. The van der Waals surface area contributed by atoms with E-state index in [1.54, 1.807) is 10.9 Å². The molecule has 254 valence electrons. The minimum absolute atomic E-state index is 0.0574. The molecular formula is C23H29FN10O9P2S2. The Kier molecular flexibility index (Phi) is 8.44. The summed E-state index contributed by atoms with van der Waals surface area (Å²) in [6.07, 6.45) is -0.895. The Balaban J connectivity index is 1.10. The van der Waals surface area contributed by atoms with Crippen LogP contribution in [0.4, 0.5) is 16.2 Å². The largest absolute Gasteiger partial charge is 0.386 e. The Labute approximate surface area is 274 Å². The minimum Gasteiger partial charge on any atom is -0.382 e. The van der Waals surface area contributed by atoms with Gasteiger partial charge in [-0.25, -0.2) is 28.9 Å². The SMILES string of the molecule is COP(O)(=S)OC[C@H]1O[C@@H](n2cnc3c(=O)[nH]c(N)nc32)[C@H](OP(=O)(S)OC[C@]23CC[C@H](C2)[C@H](n2cnc4c(N)ncnc42)O3)[C@@H]1F. The van der Waals surface area contributed by atoms with Crippen LogP contribution in [0.5, 0.6) is 0 Å². The normalized spacial score (nSPS) is 31.5. The van der Waals surface area contributed by atoms with Crippen LogP contribution in [0.3, 0.4) is 0 Å². The van der Waals surface area contributed by atoms with Crippen LogP contribution in [-0.2, 0) is 43.9 Å². The monoisotopic (exact) mass is 734 g/mol. The highest BCUT2D eigenvalue weighted by Gasteiger charge is 2.55. The first-order chi connectivity index (χ1) is 22.3. The average molecular weight is 735 g/mol. The second kappa shape index (κ2) is 12.1. The summed E-state index contributed by atoms with van der Waals surface area (Å²) in [6, 6.07) is 0. The molecule has 19 nitrogen and oxygen atoms in total. The van der Waals surface area contributed by atoms with Gasteiger partial charge in [-0.3, -0.25) is 28.0 Å². The molecule has 1 saturated carbocycles. The van der Waals surface area contributed by atoms with E-state index < -0.39 is 62.1 Å². The Bertz CT molecular complexity index is 2000. The van der Waals surface area contributed by atoms with Crippen LogP contribution in [0.2, 0.25) is 0 Å². The fourth-order valence-corrected chi connectivity index (χ4v) is 8.35. The van der Waals surface area contributed by atoms with E-state index in [4.69, 9.17) is 50.8 Å². The molecule has 3 aliphatic rings. The number of anilines is 2. The van der Waals surface area contributed by atoms with Gasteiger partial charge in [0.1, 0.15) is 30.3 Å². The highest BCUT2D eigenvalue weighted by molar-refractivity contribution is 8.44. The zero-order chi connectivity index (χ0) is 33.3. The summed E-state index contributed by atoms with van der Waals surface area (Å²) >= 11 is 9.00. The van der Waals surface area contributed by atoms with E-state index in [0.717, 1.165) is 13.5 Å². The zero-order valence-corrected chi connectivity index (χ0v) is 27.9.